The van der Waals surface area contributed by atoms with Crippen LogP contribution < -0.4 is 9.47 Å². The number of aryl methyl sites for hydroxylation is 2. The number of benzene rings is 1. The lowest BCUT2D eigenvalue weighted by Crippen LogP contribution is -1.96. The molecule has 1 aliphatic carbocycles. The summed E-state index contributed by atoms with van der Waals surface area (Å²) in [5.74, 6) is 1.58. The van der Waals surface area contributed by atoms with Crippen molar-refractivity contribution in [3.05, 3.63) is 47.9 Å². The van der Waals surface area contributed by atoms with Gasteiger partial charge in [0, 0.05) is 28.9 Å². The number of fused-ring (bicyclic) bond motifs is 3. The van der Waals surface area contributed by atoms with Crippen molar-refractivity contribution < 1.29 is 9.47 Å². The van der Waals surface area contributed by atoms with Gasteiger partial charge in [0.1, 0.15) is 11.5 Å². The third-order valence-electron chi connectivity index (χ3n) is 4.52. The zero-order chi connectivity index (χ0) is 15.8. The van der Waals surface area contributed by atoms with Crippen LogP contribution in [0.15, 0.2) is 36.8 Å². The molecule has 4 rings (SSSR count). The van der Waals surface area contributed by atoms with Crippen LogP contribution in [0.3, 0.4) is 0 Å². The van der Waals surface area contributed by atoms with Crippen LogP contribution in [0.5, 0.6) is 11.5 Å². The van der Waals surface area contributed by atoms with Crippen LogP contribution >= 0.6 is 0 Å². The summed E-state index contributed by atoms with van der Waals surface area (Å²) in [4.78, 5) is 8.96. The van der Waals surface area contributed by atoms with Crippen molar-refractivity contribution in [3.8, 4) is 22.6 Å². The number of rotatable bonds is 3. The maximum atomic E-state index is 5.64. The Morgan fingerprint density at radius 2 is 1.91 bits per heavy atom. The van der Waals surface area contributed by atoms with Crippen LogP contribution in [-0.2, 0) is 12.8 Å². The normalized spacial score (nSPS) is 13.1. The molecule has 0 atom stereocenters. The molecule has 4 nitrogen and oxygen atoms in total. The van der Waals surface area contributed by atoms with Crippen LogP contribution in [0.25, 0.3) is 22.0 Å². The Morgan fingerprint density at radius 1 is 1.00 bits per heavy atom. The summed E-state index contributed by atoms with van der Waals surface area (Å²) in [6, 6.07) is 6.01. The van der Waals surface area contributed by atoms with Gasteiger partial charge in [-0.25, -0.2) is 0 Å². The molecule has 0 saturated heterocycles. The third kappa shape index (κ3) is 2.22. The second kappa shape index (κ2) is 5.54. The smallest absolute Gasteiger partial charge is 0.137 e. The van der Waals surface area contributed by atoms with Gasteiger partial charge in [-0.05, 0) is 48.6 Å². The minimum Gasteiger partial charge on any atom is -0.496 e. The lowest BCUT2D eigenvalue weighted by molar-refractivity contribution is 0.412. The first kappa shape index (κ1) is 14.0. The number of aromatic nitrogens is 2. The Bertz CT molecular complexity index is 890. The zero-order valence-electron chi connectivity index (χ0n) is 13.3. The van der Waals surface area contributed by atoms with Crippen molar-refractivity contribution in [2.75, 3.05) is 14.2 Å². The van der Waals surface area contributed by atoms with E-state index < -0.39 is 0 Å². The van der Waals surface area contributed by atoms with Gasteiger partial charge in [0.15, 0.2) is 0 Å². The predicted molar refractivity (Wildman–Crippen MR) is 90.1 cm³/mol. The Hall–Kier alpha value is -2.62. The van der Waals surface area contributed by atoms with E-state index in [1.165, 1.54) is 22.9 Å². The molecule has 0 radical (unpaired) electrons. The lowest BCUT2D eigenvalue weighted by atomic mass is 9.95. The number of hydrogen-bond acceptors (Lipinski definition) is 4. The number of nitrogens with zero attached hydrogens (tertiary/aromatic N) is 2. The molecule has 0 saturated carbocycles. The molecule has 0 amide bonds. The molecule has 0 spiro atoms. The van der Waals surface area contributed by atoms with Gasteiger partial charge >= 0.3 is 0 Å². The minimum absolute atomic E-state index is 0.738. The summed E-state index contributed by atoms with van der Waals surface area (Å²) in [5.41, 5.74) is 5.80. The number of ether oxygens (including phenoxy) is 2. The number of pyridine rings is 2. The highest BCUT2D eigenvalue weighted by atomic mass is 16.5. The average Bonchev–Trinajstić information content (AvgIpc) is 3.09. The van der Waals surface area contributed by atoms with Gasteiger partial charge in [-0.2, -0.15) is 0 Å². The van der Waals surface area contributed by atoms with Gasteiger partial charge in [-0.3, -0.25) is 9.97 Å². The van der Waals surface area contributed by atoms with Gasteiger partial charge in [0.25, 0.3) is 0 Å². The standard InChI is InChI=1S/C19H18N2O2/c1-22-14-8-13(9-20-11-14)18-17(23-2)7-6-16-19(18)15-5-3-4-12(15)10-21-16/h6-11H,3-5H2,1-2H3. The van der Waals surface area contributed by atoms with Gasteiger partial charge in [-0.1, -0.05) is 0 Å². The first-order chi connectivity index (χ1) is 11.3. The molecule has 0 unspecified atom stereocenters. The number of methoxy groups -OCH3 is 2. The third-order valence-corrected chi connectivity index (χ3v) is 4.52. The van der Waals surface area contributed by atoms with E-state index in [2.05, 4.69) is 9.97 Å². The summed E-state index contributed by atoms with van der Waals surface area (Å²) in [5, 5.41) is 1.19. The molecule has 1 aromatic carbocycles. The lowest BCUT2D eigenvalue weighted by Gasteiger charge is -2.15. The average molecular weight is 306 g/mol. The van der Waals surface area contributed by atoms with Gasteiger partial charge in [0.2, 0.25) is 0 Å². The molecule has 1 aliphatic rings. The highest BCUT2D eigenvalue weighted by Gasteiger charge is 2.20. The summed E-state index contributed by atoms with van der Waals surface area (Å²) >= 11 is 0. The zero-order valence-corrected chi connectivity index (χ0v) is 13.3. The molecule has 116 valence electrons. The van der Waals surface area contributed by atoms with Gasteiger partial charge < -0.3 is 9.47 Å². The molecular weight excluding hydrogens is 288 g/mol. The van der Waals surface area contributed by atoms with Crippen molar-refractivity contribution in [3.63, 3.8) is 0 Å². The van der Waals surface area contributed by atoms with E-state index in [1.807, 2.05) is 30.6 Å². The molecule has 2 aromatic heterocycles. The highest BCUT2D eigenvalue weighted by Crippen LogP contribution is 2.41. The summed E-state index contributed by atoms with van der Waals surface area (Å²) in [6.45, 7) is 0. The predicted octanol–water partition coefficient (Wildman–Crippen LogP) is 3.80. The SMILES string of the molecule is COc1cncc(-c2c(OC)ccc3ncc4c(c23)CCC4)c1. The van der Waals surface area contributed by atoms with E-state index in [0.717, 1.165) is 41.0 Å². The van der Waals surface area contributed by atoms with Gasteiger partial charge in [-0.15, -0.1) is 0 Å². The molecule has 0 bridgehead atoms. The first-order valence-electron chi connectivity index (χ1n) is 7.78. The van der Waals surface area contributed by atoms with Crippen molar-refractivity contribution >= 4 is 10.9 Å². The monoisotopic (exact) mass is 306 g/mol. The van der Waals surface area contributed by atoms with Crippen LogP contribution in [0.2, 0.25) is 0 Å². The van der Waals surface area contributed by atoms with E-state index in [4.69, 9.17) is 9.47 Å². The van der Waals surface area contributed by atoms with E-state index in [0.29, 0.717) is 0 Å². The largest absolute Gasteiger partial charge is 0.496 e. The molecule has 23 heavy (non-hydrogen) atoms. The van der Waals surface area contributed by atoms with Crippen LogP contribution in [-0.4, -0.2) is 24.2 Å². The maximum Gasteiger partial charge on any atom is 0.137 e. The first-order valence-corrected chi connectivity index (χ1v) is 7.78. The molecule has 3 aromatic rings. The fourth-order valence-electron chi connectivity index (χ4n) is 3.45. The van der Waals surface area contributed by atoms with Crippen molar-refractivity contribution in [1.29, 1.82) is 0 Å². The molecule has 2 heterocycles. The van der Waals surface area contributed by atoms with Crippen molar-refractivity contribution in [2.24, 2.45) is 0 Å². The minimum atomic E-state index is 0.738. The van der Waals surface area contributed by atoms with Crippen LogP contribution in [0.4, 0.5) is 0 Å². The van der Waals surface area contributed by atoms with E-state index in [9.17, 15) is 0 Å². The quantitative estimate of drug-likeness (QED) is 0.738. The highest BCUT2D eigenvalue weighted by molar-refractivity contribution is 6.00. The molecule has 0 fully saturated rings. The fourth-order valence-corrected chi connectivity index (χ4v) is 3.45. The molecular formula is C19H18N2O2. The second-order valence-corrected chi connectivity index (χ2v) is 5.77. The van der Waals surface area contributed by atoms with Crippen LogP contribution in [0.1, 0.15) is 17.5 Å². The van der Waals surface area contributed by atoms with Crippen LogP contribution in [0, 0.1) is 0 Å². The molecule has 0 aliphatic heterocycles. The Labute approximate surface area is 135 Å². The Morgan fingerprint density at radius 3 is 2.74 bits per heavy atom. The Balaban J connectivity index is 2.08. The summed E-state index contributed by atoms with van der Waals surface area (Å²) < 4.78 is 11.0. The van der Waals surface area contributed by atoms with Crippen molar-refractivity contribution in [2.45, 2.75) is 19.3 Å². The second-order valence-electron chi connectivity index (χ2n) is 5.77. The molecule has 4 heteroatoms. The topological polar surface area (TPSA) is 44.2 Å². The number of hydrogen-bond donors (Lipinski definition) is 0. The Kier molecular flexibility index (Phi) is 3.37. The van der Waals surface area contributed by atoms with E-state index in [1.54, 1.807) is 20.4 Å². The van der Waals surface area contributed by atoms with Crippen molar-refractivity contribution in [1.82, 2.24) is 9.97 Å². The summed E-state index contributed by atoms with van der Waals surface area (Å²) in [7, 11) is 3.36. The van der Waals surface area contributed by atoms with E-state index >= 15 is 0 Å². The van der Waals surface area contributed by atoms with Gasteiger partial charge in [0.05, 0.1) is 25.9 Å². The fraction of sp³-hybridized carbons (Fsp3) is 0.263. The molecule has 0 N–H and O–H groups in total. The summed E-state index contributed by atoms with van der Waals surface area (Å²) in [6.07, 6.45) is 8.96. The van der Waals surface area contributed by atoms with E-state index in [-0.39, 0.29) is 0 Å². The maximum absolute atomic E-state index is 5.64.